The normalized spacial score (nSPS) is 17.8. The lowest BCUT2D eigenvalue weighted by atomic mass is 9.99. The second-order valence-electron chi connectivity index (χ2n) is 7.47. The van der Waals surface area contributed by atoms with Crippen molar-refractivity contribution in [1.82, 2.24) is 9.88 Å². The Morgan fingerprint density at radius 3 is 2.75 bits per heavy atom. The molecule has 0 aliphatic carbocycles. The van der Waals surface area contributed by atoms with Crippen LogP contribution in [-0.2, 0) is 16.1 Å². The lowest BCUT2D eigenvalue weighted by molar-refractivity contribution is -0.695. The first-order chi connectivity index (χ1) is 15.4. The van der Waals surface area contributed by atoms with E-state index in [1.54, 1.807) is 37.6 Å². The van der Waals surface area contributed by atoms with Crippen LogP contribution in [0.25, 0.3) is 5.76 Å². The highest BCUT2D eigenvalue weighted by molar-refractivity contribution is 6.46. The number of ether oxygens (including phenoxy) is 1. The monoisotopic (exact) mass is 455 g/mol. The molecular formula is C23H22ClN3O5. The van der Waals surface area contributed by atoms with Gasteiger partial charge in [-0.3, -0.25) is 14.6 Å². The molecule has 1 N–H and O–H groups in total. The average molecular weight is 456 g/mol. The number of hydrogen-bond donors (Lipinski definition) is 1. The Bertz CT molecular complexity index is 1180. The summed E-state index contributed by atoms with van der Waals surface area (Å²) in [5.41, 5.74) is 0.0600. The van der Waals surface area contributed by atoms with Crippen molar-refractivity contribution in [2.45, 2.75) is 25.9 Å². The van der Waals surface area contributed by atoms with Crippen LogP contribution < -0.4 is 14.4 Å². The Hall–Kier alpha value is -3.52. The zero-order valence-corrected chi connectivity index (χ0v) is 18.4. The Balaban J connectivity index is 1.72. The molecular weight excluding hydrogens is 434 g/mol. The number of hydrogen-bond acceptors (Lipinski definition) is 5. The summed E-state index contributed by atoms with van der Waals surface area (Å²) in [6.07, 6.45) is 6.06. The minimum absolute atomic E-state index is 0.139. The van der Waals surface area contributed by atoms with Gasteiger partial charge in [-0.2, -0.15) is 0 Å². The molecule has 1 atom stereocenters. The summed E-state index contributed by atoms with van der Waals surface area (Å²) in [6, 6.07) is 7.04. The van der Waals surface area contributed by atoms with Crippen molar-refractivity contribution in [2.24, 2.45) is 0 Å². The molecule has 1 aromatic carbocycles. The number of benzene rings is 1. The summed E-state index contributed by atoms with van der Waals surface area (Å²) < 4.78 is 12.8. The Morgan fingerprint density at radius 2 is 2.12 bits per heavy atom. The lowest BCUT2D eigenvalue weighted by Gasteiger charge is -2.25. The number of furan rings is 1. The predicted molar refractivity (Wildman–Crippen MR) is 113 cm³/mol. The molecule has 1 unspecified atom stereocenters. The van der Waals surface area contributed by atoms with Crippen LogP contribution in [0.4, 0.5) is 0 Å². The molecule has 0 spiro atoms. The number of likely N-dealkylation sites (tertiary alicyclic amines) is 1. The van der Waals surface area contributed by atoms with Gasteiger partial charge in [0.05, 0.1) is 18.7 Å². The summed E-state index contributed by atoms with van der Waals surface area (Å²) in [5, 5.41) is 13.6. The van der Waals surface area contributed by atoms with Crippen molar-refractivity contribution < 1.29 is 28.4 Å². The first-order valence-corrected chi connectivity index (χ1v) is 10.5. The van der Waals surface area contributed by atoms with Gasteiger partial charge in [0.25, 0.3) is 5.91 Å². The van der Waals surface area contributed by atoms with E-state index in [0.717, 1.165) is 0 Å². The molecule has 32 heavy (non-hydrogen) atoms. The van der Waals surface area contributed by atoms with Crippen LogP contribution in [0.2, 0.25) is 5.02 Å². The minimum atomic E-state index is -0.895. The van der Waals surface area contributed by atoms with Crippen molar-refractivity contribution in [3.05, 3.63) is 76.7 Å². The van der Waals surface area contributed by atoms with Crippen LogP contribution in [0, 0.1) is 6.92 Å². The molecule has 1 fully saturated rings. The first kappa shape index (κ1) is 21.7. The molecule has 1 aliphatic heterocycles. The molecule has 0 saturated carbocycles. The second kappa shape index (κ2) is 8.92. The number of aromatic nitrogens is 2. The van der Waals surface area contributed by atoms with Crippen LogP contribution in [0.5, 0.6) is 5.75 Å². The van der Waals surface area contributed by atoms with E-state index in [-0.39, 0.29) is 22.7 Å². The van der Waals surface area contributed by atoms with E-state index in [9.17, 15) is 14.7 Å². The van der Waals surface area contributed by atoms with Gasteiger partial charge >= 0.3 is 0 Å². The molecule has 166 valence electrons. The van der Waals surface area contributed by atoms with Gasteiger partial charge in [-0.1, -0.05) is 23.4 Å². The van der Waals surface area contributed by atoms with Gasteiger partial charge in [0.15, 0.2) is 0 Å². The number of ketones is 1. The van der Waals surface area contributed by atoms with E-state index in [2.05, 4.69) is 4.98 Å². The molecule has 3 aromatic rings. The van der Waals surface area contributed by atoms with Crippen LogP contribution in [-0.4, -0.2) is 35.2 Å². The van der Waals surface area contributed by atoms with Crippen molar-refractivity contribution in [1.29, 1.82) is 0 Å². The number of aryl methyl sites for hydroxylation is 2. The zero-order valence-electron chi connectivity index (χ0n) is 17.6. The van der Waals surface area contributed by atoms with Gasteiger partial charge < -0.3 is 19.2 Å². The van der Waals surface area contributed by atoms with Crippen LogP contribution >= 0.6 is 11.6 Å². The van der Waals surface area contributed by atoms with Crippen LogP contribution in [0.15, 0.2) is 59.0 Å². The number of imidazole rings is 1. The summed E-state index contributed by atoms with van der Waals surface area (Å²) in [6.45, 7) is 2.69. The van der Waals surface area contributed by atoms with Gasteiger partial charge in [0.2, 0.25) is 12.1 Å². The standard InChI is InChI=1S/C23H22ClN3O5/c1-14-4-6-18(32-14)20-19(21(28)15-5-7-17(31-2)16(24)12-15)22(29)23(30)27(20)10-3-9-26-11-8-25-13-26/h4-8,11-13,20H,3,9-10H2,1-2H3,(H,28,29). The Labute approximate surface area is 189 Å². The van der Waals surface area contributed by atoms with Crippen molar-refractivity contribution in [2.75, 3.05) is 13.7 Å². The molecule has 0 radical (unpaired) electrons. The number of carbonyl (C=O) groups is 2. The third-order valence-corrected chi connectivity index (χ3v) is 5.69. The van der Waals surface area contributed by atoms with Gasteiger partial charge in [0, 0.05) is 18.5 Å². The van der Waals surface area contributed by atoms with E-state index in [1.165, 1.54) is 24.1 Å². The van der Waals surface area contributed by atoms with E-state index in [1.807, 2.05) is 10.8 Å². The molecule has 0 bridgehead atoms. The maximum absolute atomic E-state index is 13.4. The number of halogens is 1. The number of H-pyrrole nitrogens is 1. The molecule has 1 saturated heterocycles. The van der Waals surface area contributed by atoms with Gasteiger partial charge in [-0.15, -0.1) is 0 Å². The summed E-state index contributed by atoms with van der Waals surface area (Å²) in [4.78, 5) is 30.2. The molecule has 3 heterocycles. The molecule has 8 nitrogen and oxygen atoms in total. The quantitative estimate of drug-likeness (QED) is 0.254. The van der Waals surface area contributed by atoms with Gasteiger partial charge in [-0.25, -0.2) is 4.57 Å². The van der Waals surface area contributed by atoms with E-state index in [4.69, 9.17) is 20.8 Å². The number of carbonyl (C=O) groups excluding carboxylic acids is 2. The number of methoxy groups -OCH3 is 1. The largest absolute Gasteiger partial charge is 0.872 e. The SMILES string of the molecule is COc1ccc(C([O-])=C2C(=O)C(=O)N(CCC[n+]3cc[nH]c3)C2c2ccc(C)o2)cc1Cl. The number of rotatable bonds is 7. The van der Waals surface area contributed by atoms with Crippen LogP contribution in [0.3, 0.4) is 0 Å². The van der Waals surface area contributed by atoms with E-state index in [0.29, 0.717) is 30.2 Å². The number of aromatic amines is 1. The van der Waals surface area contributed by atoms with E-state index >= 15 is 0 Å². The van der Waals surface area contributed by atoms with Gasteiger partial charge in [0.1, 0.15) is 35.7 Å². The van der Waals surface area contributed by atoms with Crippen LogP contribution in [0.1, 0.15) is 29.5 Å². The fourth-order valence-electron chi connectivity index (χ4n) is 3.84. The third kappa shape index (κ3) is 4.01. The molecule has 2 aromatic heterocycles. The molecule has 4 rings (SSSR count). The number of amides is 1. The highest BCUT2D eigenvalue weighted by atomic mass is 35.5. The Kier molecular flexibility index (Phi) is 6.05. The summed E-state index contributed by atoms with van der Waals surface area (Å²) in [5.74, 6) is -0.701. The summed E-state index contributed by atoms with van der Waals surface area (Å²) in [7, 11) is 1.47. The highest BCUT2D eigenvalue weighted by Gasteiger charge is 2.45. The Morgan fingerprint density at radius 1 is 1.31 bits per heavy atom. The lowest BCUT2D eigenvalue weighted by Crippen LogP contribution is -2.36. The number of nitrogens with zero attached hydrogens (tertiary/aromatic N) is 2. The fourth-order valence-corrected chi connectivity index (χ4v) is 4.10. The first-order valence-electron chi connectivity index (χ1n) is 10.1. The zero-order chi connectivity index (χ0) is 22.8. The second-order valence-corrected chi connectivity index (χ2v) is 7.88. The van der Waals surface area contributed by atoms with E-state index < -0.39 is 23.5 Å². The molecule has 1 aliphatic rings. The van der Waals surface area contributed by atoms with Crippen molar-refractivity contribution in [3.63, 3.8) is 0 Å². The van der Waals surface area contributed by atoms with Gasteiger partial charge in [-0.05, 0) is 36.8 Å². The van der Waals surface area contributed by atoms with Crippen molar-refractivity contribution in [3.8, 4) is 5.75 Å². The predicted octanol–water partition coefficient (Wildman–Crippen LogP) is 2.18. The van der Waals surface area contributed by atoms with Crippen molar-refractivity contribution >= 4 is 29.1 Å². The molecule has 1 amide bonds. The average Bonchev–Trinajstić information content (AvgIpc) is 3.50. The number of Topliss-reactive ketones (excluding diaryl/α,β-unsaturated/α-hetero) is 1. The maximum atomic E-state index is 13.4. The topological polar surface area (TPSA) is 102 Å². The smallest absolute Gasteiger partial charge is 0.295 e. The maximum Gasteiger partial charge on any atom is 0.295 e. The molecule has 9 heteroatoms. The summed E-state index contributed by atoms with van der Waals surface area (Å²) >= 11 is 6.18. The highest BCUT2D eigenvalue weighted by Crippen LogP contribution is 2.40. The number of nitrogens with one attached hydrogen (secondary N) is 1. The third-order valence-electron chi connectivity index (χ3n) is 5.39. The minimum Gasteiger partial charge on any atom is -0.872 e. The fraction of sp³-hybridized carbons (Fsp3) is 0.261.